The van der Waals surface area contributed by atoms with E-state index in [-0.39, 0.29) is 0 Å². The molecule has 0 unspecified atom stereocenters. The maximum Gasteiger partial charge on any atom is 0.119 e. The number of aliphatic imine (C=N–C) groups is 1. The van der Waals surface area contributed by atoms with Gasteiger partial charge in [-0.25, -0.2) is 0 Å². The Kier molecular flexibility index (Phi) is 6.76. The molecule has 0 aliphatic rings. The van der Waals surface area contributed by atoms with E-state index in [1.165, 1.54) is 0 Å². The third kappa shape index (κ3) is 5.10. The highest BCUT2D eigenvalue weighted by Crippen LogP contribution is 2.31. The van der Waals surface area contributed by atoms with Crippen molar-refractivity contribution in [3.63, 3.8) is 0 Å². The molecule has 0 heterocycles. The predicted octanol–water partition coefficient (Wildman–Crippen LogP) is 7.85. The maximum absolute atomic E-state index is 6.13. The van der Waals surface area contributed by atoms with Gasteiger partial charge in [-0.15, -0.1) is 0 Å². The summed E-state index contributed by atoms with van der Waals surface area (Å²) >= 11 is 19.1. The SMILES string of the molecule is Clc1cccc(N=Cc2ccc(OCc3ccc(Br)cc3Br)cc2)c1Cl. The van der Waals surface area contributed by atoms with Gasteiger partial charge in [0.2, 0.25) is 0 Å². The molecule has 26 heavy (non-hydrogen) atoms. The second-order valence-corrected chi connectivity index (χ2v) is 7.98. The molecule has 132 valence electrons. The van der Waals surface area contributed by atoms with Crippen molar-refractivity contribution in [1.82, 2.24) is 0 Å². The molecule has 0 saturated heterocycles. The molecule has 0 spiro atoms. The molecule has 2 nitrogen and oxygen atoms in total. The molecule has 0 aromatic heterocycles. The van der Waals surface area contributed by atoms with Crippen LogP contribution in [0.2, 0.25) is 10.0 Å². The van der Waals surface area contributed by atoms with Gasteiger partial charge in [-0.1, -0.05) is 67.2 Å². The third-order valence-electron chi connectivity index (χ3n) is 3.57. The first-order chi connectivity index (χ1) is 12.5. The molecule has 3 aromatic rings. The summed E-state index contributed by atoms with van der Waals surface area (Å²) in [5.74, 6) is 0.790. The van der Waals surface area contributed by atoms with Gasteiger partial charge in [0.25, 0.3) is 0 Å². The van der Waals surface area contributed by atoms with Crippen LogP contribution in [0.4, 0.5) is 5.69 Å². The van der Waals surface area contributed by atoms with Crippen molar-refractivity contribution in [1.29, 1.82) is 0 Å². The van der Waals surface area contributed by atoms with Crippen molar-refractivity contribution >= 4 is 67.0 Å². The van der Waals surface area contributed by atoms with Crippen LogP contribution in [0.3, 0.4) is 0 Å². The first-order valence-corrected chi connectivity index (χ1v) is 10.0. The Balaban J connectivity index is 1.65. The summed E-state index contributed by atoms with van der Waals surface area (Å²) in [6, 6.07) is 19.1. The Morgan fingerprint density at radius 1 is 0.962 bits per heavy atom. The van der Waals surface area contributed by atoms with Crippen LogP contribution in [0.1, 0.15) is 11.1 Å². The number of hydrogen-bond acceptors (Lipinski definition) is 2. The van der Waals surface area contributed by atoms with Gasteiger partial charge in [0.15, 0.2) is 0 Å². The fraction of sp³-hybridized carbons (Fsp3) is 0.0500. The van der Waals surface area contributed by atoms with Crippen LogP contribution in [0.5, 0.6) is 5.75 Å². The molecule has 0 atom stereocenters. The largest absolute Gasteiger partial charge is 0.489 e. The molecular formula is C20H13Br2Cl2NO. The molecule has 6 heteroatoms. The van der Waals surface area contributed by atoms with Crippen molar-refractivity contribution in [3.05, 3.63) is 90.8 Å². The molecule has 0 aliphatic carbocycles. The average molecular weight is 514 g/mol. The smallest absolute Gasteiger partial charge is 0.119 e. The Morgan fingerprint density at radius 3 is 2.46 bits per heavy atom. The zero-order chi connectivity index (χ0) is 18.5. The van der Waals surface area contributed by atoms with Crippen LogP contribution in [0.15, 0.2) is 74.6 Å². The number of hydrogen-bond donors (Lipinski definition) is 0. The third-order valence-corrected chi connectivity index (χ3v) is 5.61. The minimum atomic E-state index is 0.449. The molecule has 0 saturated carbocycles. The van der Waals surface area contributed by atoms with Crippen LogP contribution in [0, 0.1) is 0 Å². The lowest BCUT2D eigenvalue weighted by atomic mass is 10.2. The summed E-state index contributed by atoms with van der Waals surface area (Å²) in [7, 11) is 0. The highest BCUT2D eigenvalue weighted by atomic mass is 79.9. The Hall–Kier alpha value is -1.33. The molecule has 3 rings (SSSR count). The van der Waals surface area contributed by atoms with E-state index in [1.807, 2.05) is 54.6 Å². The van der Waals surface area contributed by atoms with Gasteiger partial charge < -0.3 is 4.74 Å². The molecule has 0 fully saturated rings. The summed E-state index contributed by atoms with van der Waals surface area (Å²) in [5, 5.41) is 0.939. The van der Waals surface area contributed by atoms with Gasteiger partial charge in [-0.2, -0.15) is 0 Å². The van der Waals surface area contributed by atoms with Crippen molar-refractivity contribution in [2.24, 2.45) is 4.99 Å². The van der Waals surface area contributed by atoms with Crippen molar-refractivity contribution in [2.75, 3.05) is 0 Å². The lowest BCUT2D eigenvalue weighted by Crippen LogP contribution is -1.96. The quantitative estimate of drug-likeness (QED) is 0.318. The number of rotatable bonds is 5. The fourth-order valence-corrected chi connectivity index (χ4v) is 3.69. The summed E-state index contributed by atoms with van der Waals surface area (Å²) in [4.78, 5) is 4.39. The number of nitrogens with zero attached hydrogens (tertiary/aromatic N) is 1. The van der Waals surface area contributed by atoms with Crippen LogP contribution >= 0.6 is 55.1 Å². The van der Waals surface area contributed by atoms with E-state index in [2.05, 4.69) is 36.9 Å². The van der Waals surface area contributed by atoms with Gasteiger partial charge in [0.05, 0.1) is 15.7 Å². The van der Waals surface area contributed by atoms with Crippen LogP contribution < -0.4 is 4.74 Å². The van der Waals surface area contributed by atoms with Gasteiger partial charge in [0.1, 0.15) is 12.4 Å². The first kappa shape index (κ1) is 19.4. The first-order valence-electron chi connectivity index (χ1n) is 7.68. The summed E-state index contributed by atoms with van der Waals surface area (Å²) < 4.78 is 7.87. The Morgan fingerprint density at radius 2 is 1.73 bits per heavy atom. The molecule has 0 N–H and O–H groups in total. The molecule has 0 bridgehead atoms. The lowest BCUT2D eigenvalue weighted by Gasteiger charge is -2.08. The molecular weight excluding hydrogens is 501 g/mol. The van der Waals surface area contributed by atoms with E-state index < -0.39 is 0 Å². The van der Waals surface area contributed by atoms with Gasteiger partial charge >= 0.3 is 0 Å². The monoisotopic (exact) mass is 511 g/mol. The summed E-state index contributed by atoms with van der Waals surface area (Å²) in [6.45, 7) is 0.486. The highest BCUT2D eigenvalue weighted by molar-refractivity contribution is 9.11. The number of benzene rings is 3. The Bertz CT molecular complexity index is 943. The molecule has 0 aliphatic heterocycles. The minimum absolute atomic E-state index is 0.449. The van der Waals surface area contributed by atoms with E-state index in [0.717, 1.165) is 25.8 Å². The lowest BCUT2D eigenvalue weighted by molar-refractivity contribution is 0.305. The van der Waals surface area contributed by atoms with Crippen LogP contribution in [-0.2, 0) is 6.61 Å². The standard InChI is InChI=1S/C20H13Br2Cl2NO/c21-15-7-6-14(17(22)10-15)12-26-16-8-4-13(5-9-16)11-25-19-3-1-2-18(23)20(19)24/h1-11H,12H2. The molecule has 0 amide bonds. The highest BCUT2D eigenvalue weighted by Gasteiger charge is 2.03. The van der Waals surface area contributed by atoms with Gasteiger partial charge in [0, 0.05) is 20.7 Å². The fourth-order valence-electron chi connectivity index (χ4n) is 2.19. The van der Waals surface area contributed by atoms with Crippen LogP contribution in [0.25, 0.3) is 0 Å². The van der Waals surface area contributed by atoms with E-state index in [0.29, 0.717) is 22.3 Å². The van der Waals surface area contributed by atoms with Crippen molar-refractivity contribution in [3.8, 4) is 5.75 Å². The van der Waals surface area contributed by atoms with Crippen molar-refractivity contribution in [2.45, 2.75) is 6.61 Å². The number of halogens is 4. The van der Waals surface area contributed by atoms with Crippen molar-refractivity contribution < 1.29 is 4.74 Å². The maximum atomic E-state index is 6.13. The second kappa shape index (κ2) is 9.05. The van der Waals surface area contributed by atoms with Gasteiger partial charge in [-0.3, -0.25) is 4.99 Å². The summed E-state index contributed by atoms with van der Waals surface area (Å²) in [5.41, 5.74) is 2.66. The average Bonchev–Trinajstić information content (AvgIpc) is 2.63. The predicted molar refractivity (Wildman–Crippen MR) is 116 cm³/mol. The molecule has 3 aromatic carbocycles. The zero-order valence-corrected chi connectivity index (χ0v) is 18.1. The van der Waals surface area contributed by atoms with E-state index in [4.69, 9.17) is 27.9 Å². The zero-order valence-electron chi connectivity index (χ0n) is 13.4. The number of ether oxygens (including phenoxy) is 1. The van der Waals surface area contributed by atoms with E-state index >= 15 is 0 Å². The molecule has 0 radical (unpaired) electrons. The Labute approximate surface area is 179 Å². The van der Waals surface area contributed by atoms with Gasteiger partial charge in [-0.05, 0) is 54.1 Å². The minimum Gasteiger partial charge on any atom is -0.489 e. The second-order valence-electron chi connectivity index (χ2n) is 5.42. The topological polar surface area (TPSA) is 21.6 Å². The van der Waals surface area contributed by atoms with E-state index in [9.17, 15) is 0 Å². The van der Waals surface area contributed by atoms with Crippen LogP contribution in [-0.4, -0.2) is 6.21 Å². The van der Waals surface area contributed by atoms with E-state index in [1.54, 1.807) is 12.3 Å². The normalized spacial score (nSPS) is 11.1. The summed E-state index contributed by atoms with van der Waals surface area (Å²) in [6.07, 6.45) is 1.74.